The van der Waals surface area contributed by atoms with Crippen molar-refractivity contribution < 1.29 is 0 Å². The largest absolute Gasteiger partial charge is 0.365 e. The van der Waals surface area contributed by atoms with Gasteiger partial charge in [-0.15, -0.1) is 13.2 Å². The molecule has 22 heavy (non-hydrogen) atoms. The van der Waals surface area contributed by atoms with Crippen LogP contribution in [-0.2, 0) is 0 Å². The molecule has 124 valence electrons. The fourth-order valence-corrected chi connectivity index (χ4v) is 3.32. The third-order valence-corrected chi connectivity index (χ3v) is 4.56. The summed E-state index contributed by atoms with van der Waals surface area (Å²) in [4.78, 5) is 0. The van der Waals surface area contributed by atoms with Crippen LogP contribution in [0.5, 0.6) is 0 Å². The van der Waals surface area contributed by atoms with Crippen LogP contribution in [0.3, 0.4) is 0 Å². The van der Waals surface area contributed by atoms with Crippen LogP contribution in [0.1, 0.15) is 78.1 Å². The molecule has 0 aromatic carbocycles. The van der Waals surface area contributed by atoms with Crippen LogP contribution >= 0.6 is 0 Å². The first-order valence-corrected chi connectivity index (χ1v) is 9.17. The highest BCUT2D eigenvalue weighted by Gasteiger charge is 2.23. The van der Waals surface area contributed by atoms with Gasteiger partial charge in [-0.1, -0.05) is 51.7 Å². The van der Waals surface area contributed by atoms with Crippen molar-refractivity contribution in [1.29, 1.82) is 0 Å². The molecule has 1 heterocycles. The van der Waals surface area contributed by atoms with Gasteiger partial charge in [-0.3, -0.25) is 0 Å². The zero-order chi connectivity index (χ0) is 16.2. The third-order valence-electron chi connectivity index (χ3n) is 4.56. The molecule has 1 aliphatic heterocycles. The number of allylic oxidation sites excluding steroid dienone is 4. The summed E-state index contributed by atoms with van der Waals surface area (Å²) < 4.78 is 0. The Labute approximate surface area is 138 Å². The van der Waals surface area contributed by atoms with E-state index in [0.717, 1.165) is 12.8 Å². The molecule has 1 heteroatoms. The Hall–Kier alpha value is -1.24. The Morgan fingerprint density at radius 1 is 1.00 bits per heavy atom. The van der Waals surface area contributed by atoms with Crippen molar-refractivity contribution in [3.63, 3.8) is 0 Å². The van der Waals surface area contributed by atoms with Gasteiger partial charge >= 0.3 is 0 Å². The van der Waals surface area contributed by atoms with Crippen molar-refractivity contribution in [3.05, 3.63) is 48.4 Å². The normalized spacial score (nSPS) is 17.9. The van der Waals surface area contributed by atoms with E-state index in [1.165, 1.54) is 57.1 Å². The molecule has 1 aliphatic rings. The lowest BCUT2D eigenvalue weighted by atomic mass is 9.80. The van der Waals surface area contributed by atoms with Crippen LogP contribution < -0.4 is 5.32 Å². The number of hydrogen-bond acceptors (Lipinski definition) is 1. The van der Waals surface area contributed by atoms with Crippen LogP contribution in [0.2, 0.25) is 0 Å². The van der Waals surface area contributed by atoms with E-state index in [1.54, 1.807) is 11.1 Å². The molecule has 1 unspecified atom stereocenters. The molecular formula is C21H35N. The van der Waals surface area contributed by atoms with E-state index in [-0.39, 0.29) is 0 Å². The van der Waals surface area contributed by atoms with Gasteiger partial charge in [-0.25, -0.2) is 0 Å². The van der Waals surface area contributed by atoms with Gasteiger partial charge in [-0.2, -0.15) is 0 Å². The Balaban J connectivity index is 2.86. The first kappa shape index (κ1) is 18.8. The first-order chi connectivity index (χ1) is 10.8. The van der Waals surface area contributed by atoms with Crippen molar-refractivity contribution in [2.45, 2.75) is 78.1 Å². The predicted octanol–water partition coefficient (Wildman–Crippen LogP) is 6.66. The van der Waals surface area contributed by atoms with Gasteiger partial charge < -0.3 is 5.32 Å². The SMILES string of the molecule is C=CCC1=C(CCCCC)C(CC=C)C(CCCCC)=CN1. The zero-order valence-corrected chi connectivity index (χ0v) is 14.8. The van der Waals surface area contributed by atoms with Crippen LogP contribution in [0.25, 0.3) is 0 Å². The molecule has 0 amide bonds. The summed E-state index contributed by atoms with van der Waals surface area (Å²) >= 11 is 0. The second-order valence-corrected chi connectivity index (χ2v) is 6.35. The highest BCUT2D eigenvalue weighted by Crippen LogP contribution is 2.36. The van der Waals surface area contributed by atoms with Crippen LogP contribution in [-0.4, -0.2) is 0 Å². The number of nitrogens with one attached hydrogen (secondary N) is 1. The maximum atomic E-state index is 4.00. The molecule has 0 aromatic rings. The number of dihydropyridines is 1. The smallest absolute Gasteiger partial charge is 0.0182 e. The minimum atomic E-state index is 0.572. The molecule has 0 spiro atoms. The highest BCUT2D eigenvalue weighted by atomic mass is 14.9. The van der Waals surface area contributed by atoms with Gasteiger partial charge in [0.25, 0.3) is 0 Å². The second-order valence-electron chi connectivity index (χ2n) is 6.35. The van der Waals surface area contributed by atoms with Gasteiger partial charge in [-0.05, 0) is 43.3 Å². The predicted molar refractivity (Wildman–Crippen MR) is 99.6 cm³/mol. The quantitative estimate of drug-likeness (QED) is 0.314. The summed E-state index contributed by atoms with van der Waals surface area (Å²) in [5.74, 6) is 0.572. The number of rotatable bonds is 12. The summed E-state index contributed by atoms with van der Waals surface area (Å²) in [6.07, 6.45) is 18.6. The van der Waals surface area contributed by atoms with Gasteiger partial charge in [0.05, 0.1) is 0 Å². The number of unbranched alkanes of at least 4 members (excludes halogenated alkanes) is 4. The van der Waals surface area contributed by atoms with Crippen molar-refractivity contribution >= 4 is 0 Å². The van der Waals surface area contributed by atoms with Crippen molar-refractivity contribution in [2.24, 2.45) is 5.92 Å². The molecule has 1 N–H and O–H groups in total. The summed E-state index contributed by atoms with van der Waals surface area (Å²) in [5.41, 5.74) is 4.58. The van der Waals surface area contributed by atoms with Crippen LogP contribution in [0, 0.1) is 5.92 Å². The molecule has 0 saturated carbocycles. The Morgan fingerprint density at radius 2 is 1.68 bits per heavy atom. The summed E-state index contributed by atoms with van der Waals surface area (Å²) in [6, 6.07) is 0. The van der Waals surface area contributed by atoms with E-state index in [2.05, 4.69) is 44.6 Å². The first-order valence-electron chi connectivity index (χ1n) is 9.17. The topological polar surface area (TPSA) is 12.0 Å². The average Bonchev–Trinajstić information content (AvgIpc) is 2.52. The monoisotopic (exact) mass is 301 g/mol. The minimum Gasteiger partial charge on any atom is -0.365 e. The van der Waals surface area contributed by atoms with Crippen molar-refractivity contribution in [1.82, 2.24) is 5.32 Å². The fourth-order valence-electron chi connectivity index (χ4n) is 3.32. The zero-order valence-electron chi connectivity index (χ0n) is 14.8. The highest BCUT2D eigenvalue weighted by molar-refractivity contribution is 5.33. The van der Waals surface area contributed by atoms with Crippen LogP contribution in [0.4, 0.5) is 0 Å². The molecule has 0 aliphatic carbocycles. The summed E-state index contributed by atoms with van der Waals surface area (Å²) in [6.45, 7) is 12.5. The molecule has 0 aromatic heterocycles. The minimum absolute atomic E-state index is 0.572. The Morgan fingerprint density at radius 3 is 2.27 bits per heavy atom. The molecule has 1 nitrogen and oxygen atoms in total. The second kappa shape index (κ2) is 11.3. The van der Waals surface area contributed by atoms with E-state index >= 15 is 0 Å². The average molecular weight is 302 g/mol. The van der Waals surface area contributed by atoms with E-state index < -0.39 is 0 Å². The number of hydrogen-bond donors (Lipinski definition) is 1. The molecule has 0 radical (unpaired) electrons. The molecular weight excluding hydrogens is 266 g/mol. The van der Waals surface area contributed by atoms with Crippen LogP contribution in [0.15, 0.2) is 48.4 Å². The van der Waals surface area contributed by atoms with E-state index in [4.69, 9.17) is 0 Å². The lowest BCUT2D eigenvalue weighted by molar-refractivity contribution is 0.567. The van der Waals surface area contributed by atoms with Gasteiger partial charge in [0, 0.05) is 24.2 Å². The summed E-state index contributed by atoms with van der Waals surface area (Å²) in [7, 11) is 0. The van der Waals surface area contributed by atoms with Crippen molar-refractivity contribution in [2.75, 3.05) is 0 Å². The standard InChI is InChI=1S/C21H35N/c1-5-9-11-15-18-17-22-21(14-8-4)20(16-12-10-6-2)19(18)13-7-3/h7-8,17,19,22H,3-6,9-16H2,1-2H3. The maximum absolute atomic E-state index is 4.00. The van der Waals surface area contributed by atoms with Gasteiger partial charge in [0.2, 0.25) is 0 Å². The fraction of sp³-hybridized carbons (Fsp3) is 0.619. The lowest BCUT2D eigenvalue weighted by Crippen LogP contribution is -2.22. The van der Waals surface area contributed by atoms with E-state index in [0.29, 0.717) is 5.92 Å². The molecule has 1 atom stereocenters. The third kappa shape index (κ3) is 5.87. The molecule has 1 rings (SSSR count). The summed E-state index contributed by atoms with van der Waals surface area (Å²) in [5, 5.41) is 3.57. The lowest BCUT2D eigenvalue weighted by Gasteiger charge is -2.30. The molecule has 0 fully saturated rings. The van der Waals surface area contributed by atoms with Gasteiger partial charge in [0.15, 0.2) is 0 Å². The Bertz CT molecular complexity index is 400. The van der Waals surface area contributed by atoms with E-state index in [9.17, 15) is 0 Å². The van der Waals surface area contributed by atoms with E-state index in [1.807, 2.05) is 6.08 Å². The Kier molecular flexibility index (Phi) is 9.70. The maximum Gasteiger partial charge on any atom is 0.0182 e. The molecule has 0 saturated heterocycles. The van der Waals surface area contributed by atoms with Gasteiger partial charge in [0.1, 0.15) is 0 Å². The molecule has 0 bridgehead atoms. The van der Waals surface area contributed by atoms with Crippen molar-refractivity contribution in [3.8, 4) is 0 Å².